The smallest absolute Gasteiger partial charge is 0.233 e. The van der Waals surface area contributed by atoms with Gasteiger partial charge in [0.2, 0.25) is 11.8 Å². The summed E-state index contributed by atoms with van der Waals surface area (Å²) >= 11 is 0. The molecule has 0 aromatic heterocycles. The van der Waals surface area contributed by atoms with Crippen LogP contribution >= 0.6 is 0 Å². The van der Waals surface area contributed by atoms with Gasteiger partial charge in [-0.2, -0.15) is 0 Å². The fraction of sp³-hybridized carbons (Fsp3) is 0.800. The van der Waals surface area contributed by atoms with E-state index in [1.807, 2.05) is 14.0 Å². The van der Waals surface area contributed by atoms with E-state index in [9.17, 15) is 9.59 Å². The monoisotopic (exact) mass is 196 g/mol. The first-order chi connectivity index (χ1) is 6.65. The molecule has 1 aliphatic heterocycles. The number of imide groups is 1. The minimum atomic E-state index is 0.0485. The third-order valence-corrected chi connectivity index (χ3v) is 3.24. The molecule has 3 atom stereocenters. The number of nitrogens with one attached hydrogen (secondary N) is 1. The zero-order valence-corrected chi connectivity index (χ0v) is 8.62. The summed E-state index contributed by atoms with van der Waals surface area (Å²) in [6.45, 7) is 2.62. The van der Waals surface area contributed by atoms with Gasteiger partial charge in [0, 0.05) is 12.6 Å². The molecule has 0 aromatic rings. The van der Waals surface area contributed by atoms with E-state index in [4.69, 9.17) is 0 Å². The lowest BCUT2D eigenvalue weighted by atomic mass is 10.2. The molecule has 4 heteroatoms. The molecule has 0 bridgehead atoms. The highest BCUT2D eigenvalue weighted by molar-refractivity contribution is 6.08. The second kappa shape index (κ2) is 3.35. The Labute approximate surface area is 83.6 Å². The average molecular weight is 196 g/mol. The fourth-order valence-corrected chi connectivity index (χ4v) is 1.94. The van der Waals surface area contributed by atoms with Crippen LogP contribution in [0.2, 0.25) is 0 Å². The van der Waals surface area contributed by atoms with Crippen LogP contribution in [0.25, 0.3) is 0 Å². The van der Waals surface area contributed by atoms with Gasteiger partial charge in [-0.25, -0.2) is 0 Å². The van der Waals surface area contributed by atoms with Crippen LogP contribution in [0.4, 0.5) is 0 Å². The second-order valence-corrected chi connectivity index (χ2v) is 4.26. The molecule has 0 spiro atoms. The van der Waals surface area contributed by atoms with Crippen LogP contribution in [-0.4, -0.2) is 36.3 Å². The van der Waals surface area contributed by atoms with Crippen molar-refractivity contribution in [2.75, 3.05) is 13.6 Å². The maximum atomic E-state index is 11.5. The Morgan fingerprint density at radius 2 is 2.00 bits per heavy atom. The van der Waals surface area contributed by atoms with Crippen molar-refractivity contribution in [3.05, 3.63) is 0 Å². The van der Waals surface area contributed by atoms with Crippen molar-refractivity contribution in [3.8, 4) is 0 Å². The van der Waals surface area contributed by atoms with Crippen LogP contribution in [0.15, 0.2) is 0 Å². The number of piperidine rings is 1. The van der Waals surface area contributed by atoms with Crippen molar-refractivity contribution in [1.82, 2.24) is 10.2 Å². The number of hydrogen-bond acceptors (Lipinski definition) is 3. The Morgan fingerprint density at radius 3 is 2.50 bits per heavy atom. The Bertz CT molecular complexity index is 257. The van der Waals surface area contributed by atoms with Crippen LogP contribution in [0.1, 0.15) is 19.8 Å². The van der Waals surface area contributed by atoms with Crippen molar-refractivity contribution >= 4 is 11.8 Å². The van der Waals surface area contributed by atoms with Crippen LogP contribution in [0.5, 0.6) is 0 Å². The largest absolute Gasteiger partial charge is 0.317 e. The molecular weight excluding hydrogens is 180 g/mol. The summed E-state index contributed by atoms with van der Waals surface area (Å²) < 4.78 is 0. The highest BCUT2D eigenvalue weighted by Crippen LogP contribution is 2.46. The number of rotatable bonds is 4. The van der Waals surface area contributed by atoms with Crippen molar-refractivity contribution in [1.29, 1.82) is 0 Å². The second-order valence-electron chi connectivity index (χ2n) is 4.26. The minimum Gasteiger partial charge on any atom is -0.317 e. The number of fused-ring (bicyclic) bond motifs is 1. The van der Waals surface area contributed by atoms with Gasteiger partial charge < -0.3 is 5.32 Å². The van der Waals surface area contributed by atoms with Crippen molar-refractivity contribution in [3.63, 3.8) is 0 Å². The maximum Gasteiger partial charge on any atom is 0.233 e. The van der Waals surface area contributed by atoms with Gasteiger partial charge in [0.15, 0.2) is 0 Å². The summed E-state index contributed by atoms with van der Waals surface area (Å²) in [5.74, 6) is 0.214. The number of likely N-dealkylation sites (tertiary alicyclic amines) is 1. The zero-order chi connectivity index (χ0) is 10.3. The van der Waals surface area contributed by atoms with Crippen molar-refractivity contribution in [2.24, 2.45) is 11.8 Å². The number of nitrogens with zero attached hydrogens (tertiary/aromatic N) is 1. The predicted octanol–water partition coefficient (Wildman–Crippen LogP) is -0.0107. The number of amides is 2. The van der Waals surface area contributed by atoms with E-state index in [1.165, 1.54) is 4.90 Å². The molecule has 1 saturated carbocycles. The van der Waals surface area contributed by atoms with Gasteiger partial charge in [-0.05, 0) is 26.8 Å². The van der Waals surface area contributed by atoms with Crippen molar-refractivity contribution < 1.29 is 9.59 Å². The van der Waals surface area contributed by atoms with Gasteiger partial charge in [-0.1, -0.05) is 0 Å². The van der Waals surface area contributed by atoms with E-state index < -0.39 is 0 Å². The van der Waals surface area contributed by atoms with E-state index in [1.54, 1.807) is 0 Å². The zero-order valence-electron chi connectivity index (χ0n) is 8.62. The molecule has 0 aromatic carbocycles. The third-order valence-electron chi connectivity index (χ3n) is 3.24. The molecule has 3 unspecified atom stereocenters. The molecule has 1 saturated heterocycles. The summed E-state index contributed by atoms with van der Waals surface area (Å²) in [5.41, 5.74) is 0. The number of hydrogen-bond donors (Lipinski definition) is 1. The molecule has 4 nitrogen and oxygen atoms in total. The van der Waals surface area contributed by atoms with Gasteiger partial charge in [-0.15, -0.1) is 0 Å². The van der Waals surface area contributed by atoms with Crippen LogP contribution < -0.4 is 5.32 Å². The highest BCUT2D eigenvalue weighted by atomic mass is 16.2. The van der Waals surface area contributed by atoms with E-state index in [0.717, 1.165) is 12.8 Å². The molecule has 2 rings (SSSR count). The predicted molar refractivity (Wildman–Crippen MR) is 51.5 cm³/mol. The summed E-state index contributed by atoms with van der Waals surface area (Å²) in [6.07, 6.45) is 1.64. The highest BCUT2D eigenvalue weighted by Gasteiger charge is 2.58. The minimum absolute atomic E-state index is 0.0485. The first-order valence-corrected chi connectivity index (χ1v) is 5.17. The average Bonchev–Trinajstić information content (AvgIpc) is 2.92. The lowest BCUT2D eigenvalue weighted by Gasteiger charge is -2.18. The Kier molecular flexibility index (Phi) is 2.31. The SMILES string of the molecule is CNC(C)CCN1C(=O)C2CC2C1=O. The summed E-state index contributed by atoms with van der Waals surface area (Å²) in [4.78, 5) is 24.5. The standard InChI is InChI=1S/C10H16N2O2/c1-6(11-2)3-4-12-9(13)7-5-8(7)10(12)14/h6-8,11H,3-5H2,1-2H3. The Hall–Kier alpha value is -0.900. The van der Waals surface area contributed by atoms with Gasteiger partial charge in [-0.3, -0.25) is 14.5 Å². The van der Waals surface area contributed by atoms with Crippen LogP contribution in [0.3, 0.4) is 0 Å². The summed E-state index contributed by atoms with van der Waals surface area (Å²) in [7, 11) is 1.88. The van der Waals surface area contributed by atoms with E-state index in [2.05, 4.69) is 5.32 Å². The molecule has 14 heavy (non-hydrogen) atoms. The van der Waals surface area contributed by atoms with Gasteiger partial charge in [0.25, 0.3) is 0 Å². The quantitative estimate of drug-likeness (QED) is 0.643. The van der Waals surface area contributed by atoms with Gasteiger partial charge in [0.1, 0.15) is 0 Å². The normalized spacial score (nSPS) is 32.0. The van der Waals surface area contributed by atoms with Gasteiger partial charge in [0.05, 0.1) is 11.8 Å². The number of carbonyl (C=O) groups excluding carboxylic acids is 2. The van der Waals surface area contributed by atoms with E-state index in [-0.39, 0.29) is 23.7 Å². The molecule has 2 amide bonds. The molecule has 1 N–H and O–H groups in total. The summed E-state index contributed by atoms with van der Waals surface area (Å²) in [5, 5.41) is 3.09. The first kappa shape index (κ1) is 9.65. The maximum absolute atomic E-state index is 11.5. The Morgan fingerprint density at radius 1 is 1.43 bits per heavy atom. The lowest BCUT2D eigenvalue weighted by molar-refractivity contribution is -0.141. The first-order valence-electron chi connectivity index (χ1n) is 5.17. The van der Waals surface area contributed by atoms with Crippen LogP contribution in [0, 0.1) is 11.8 Å². The molecule has 0 radical (unpaired) electrons. The molecule has 2 fully saturated rings. The summed E-state index contributed by atoms with van der Waals surface area (Å²) in [6, 6.07) is 0.354. The molecule has 78 valence electrons. The van der Waals surface area contributed by atoms with E-state index >= 15 is 0 Å². The Balaban J connectivity index is 1.87. The number of carbonyl (C=O) groups is 2. The molecular formula is C10H16N2O2. The van der Waals surface area contributed by atoms with Gasteiger partial charge >= 0.3 is 0 Å². The van der Waals surface area contributed by atoms with Crippen molar-refractivity contribution in [2.45, 2.75) is 25.8 Å². The molecule has 1 aliphatic carbocycles. The van der Waals surface area contributed by atoms with E-state index in [0.29, 0.717) is 12.6 Å². The topological polar surface area (TPSA) is 49.4 Å². The molecule has 2 aliphatic rings. The lowest BCUT2D eigenvalue weighted by Crippen LogP contribution is -2.36. The third kappa shape index (κ3) is 1.43. The van der Waals surface area contributed by atoms with Crippen LogP contribution in [-0.2, 0) is 9.59 Å². The fourth-order valence-electron chi connectivity index (χ4n) is 1.94. The molecule has 1 heterocycles.